The van der Waals surface area contributed by atoms with Crippen LogP contribution in [0.2, 0.25) is 5.02 Å². The second-order valence-corrected chi connectivity index (χ2v) is 16.2. The van der Waals surface area contributed by atoms with Gasteiger partial charge in [-0.25, -0.2) is 9.78 Å². The number of quaternary nitrogens is 1. The number of carbonyl (C=O) groups is 4. The van der Waals surface area contributed by atoms with Gasteiger partial charge in [-0.1, -0.05) is 18.5 Å². The maximum absolute atomic E-state index is 13.7. The zero-order valence-electron chi connectivity index (χ0n) is 34.9. The average Bonchev–Trinajstić information content (AvgIpc) is 3.76. The van der Waals surface area contributed by atoms with Crippen molar-refractivity contribution in [1.82, 2.24) is 34.4 Å². The maximum Gasteiger partial charge on any atom is 0.359 e. The molecule has 0 radical (unpaired) electrons. The summed E-state index contributed by atoms with van der Waals surface area (Å²) in [7, 11) is 3.45. The Morgan fingerprint density at radius 1 is 1.00 bits per heavy atom. The Kier molecular flexibility index (Phi) is 14.2. The van der Waals surface area contributed by atoms with Crippen molar-refractivity contribution in [3.8, 4) is 22.4 Å². The van der Waals surface area contributed by atoms with Crippen LogP contribution in [-0.4, -0.2) is 131 Å². The van der Waals surface area contributed by atoms with Crippen molar-refractivity contribution in [2.45, 2.75) is 47.1 Å². The number of carbonyl (C=O) groups excluding carboxylic acids is 3. The van der Waals surface area contributed by atoms with E-state index < -0.39 is 11.9 Å². The minimum atomic E-state index is -0.823. The first kappa shape index (κ1) is 43.5. The van der Waals surface area contributed by atoms with Gasteiger partial charge in [0.2, 0.25) is 5.91 Å². The number of nitrogens with one attached hydrogen (secondary N) is 3. The molecular formula is C43H57ClN9O6+. The van der Waals surface area contributed by atoms with E-state index in [1.165, 1.54) is 0 Å². The third kappa shape index (κ3) is 10.0. The number of amides is 3. The third-order valence-electron chi connectivity index (χ3n) is 11.8. The van der Waals surface area contributed by atoms with Crippen LogP contribution in [0, 0.1) is 32.6 Å². The number of piperazine rings is 1. The number of aromatic nitrogens is 4. The van der Waals surface area contributed by atoms with Crippen molar-refractivity contribution in [2.24, 2.45) is 18.9 Å². The number of carboxylic acids is 1. The highest BCUT2D eigenvalue weighted by atomic mass is 35.5. The summed E-state index contributed by atoms with van der Waals surface area (Å²) < 4.78 is 8.84. The van der Waals surface area contributed by atoms with Crippen LogP contribution in [0.3, 0.4) is 0 Å². The first-order chi connectivity index (χ1) is 28.3. The highest BCUT2D eigenvalue weighted by Crippen LogP contribution is 2.36. The van der Waals surface area contributed by atoms with Gasteiger partial charge in [-0.05, 0) is 68.7 Å². The normalized spacial score (nSPS) is 15.5. The summed E-state index contributed by atoms with van der Waals surface area (Å²) in [5, 5.41) is 20.7. The molecule has 4 heterocycles. The molecule has 2 fully saturated rings. The van der Waals surface area contributed by atoms with Crippen LogP contribution in [0.1, 0.15) is 57.6 Å². The molecule has 316 valence electrons. The van der Waals surface area contributed by atoms with Gasteiger partial charge in [-0.3, -0.25) is 19.1 Å². The number of aryl methyl sites for hydroxylation is 2. The zero-order valence-corrected chi connectivity index (χ0v) is 35.7. The molecule has 59 heavy (non-hydrogen) atoms. The summed E-state index contributed by atoms with van der Waals surface area (Å²) in [6.07, 6.45) is 4.79. The largest absolute Gasteiger partial charge is 0.477 e. The lowest BCUT2D eigenvalue weighted by Crippen LogP contribution is -3.14. The number of benzene rings is 2. The number of hydrogen-bond donors (Lipinski definition) is 4. The quantitative estimate of drug-likeness (QED) is 0.125. The van der Waals surface area contributed by atoms with Crippen molar-refractivity contribution >= 4 is 41.0 Å². The fraction of sp³-hybridized carbons (Fsp3) is 0.488. The molecule has 15 nitrogen and oxygen atoms in total. The lowest BCUT2D eigenvalue weighted by Gasteiger charge is -2.37. The summed E-state index contributed by atoms with van der Waals surface area (Å²) in [5.74, 6) is -0.759. The Labute approximate surface area is 350 Å². The van der Waals surface area contributed by atoms with E-state index in [4.69, 9.17) is 16.3 Å². The number of nitrogens with zero attached hydrogens (tertiary/aromatic N) is 6. The number of aliphatic carboxylic acids is 1. The zero-order chi connectivity index (χ0) is 42.4. The van der Waals surface area contributed by atoms with E-state index in [0.717, 1.165) is 58.2 Å². The summed E-state index contributed by atoms with van der Waals surface area (Å²) in [4.78, 5) is 61.3. The number of rotatable bonds is 17. The molecule has 2 aliphatic rings. The fourth-order valence-electron chi connectivity index (χ4n) is 8.13. The van der Waals surface area contributed by atoms with E-state index in [-0.39, 0.29) is 30.1 Å². The number of halogens is 1. The van der Waals surface area contributed by atoms with Gasteiger partial charge in [0.15, 0.2) is 12.4 Å². The van der Waals surface area contributed by atoms with Crippen LogP contribution in [0.5, 0.6) is 0 Å². The van der Waals surface area contributed by atoms with Gasteiger partial charge < -0.3 is 39.7 Å². The van der Waals surface area contributed by atoms with Crippen molar-refractivity contribution in [1.29, 1.82) is 0 Å². The van der Waals surface area contributed by atoms with E-state index in [0.29, 0.717) is 86.5 Å². The third-order valence-corrected chi connectivity index (χ3v) is 12.1. The predicted molar refractivity (Wildman–Crippen MR) is 226 cm³/mol. The minimum absolute atomic E-state index is 0.0529. The van der Waals surface area contributed by atoms with Gasteiger partial charge in [-0.15, -0.1) is 0 Å². The van der Waals surface area contributed by atoms with Gasteiger partial charge in [-0.2, -0.15) is 5.10 Å². The van der Waals surface area contributed by atoms with Crippen molar-refractivity contribution in [3.05, 3.63) is 76.0 Å². The van der Waals surface area contributed by atoms with E-state index in [1.807, 2.05) is 55.6 Å². The van der Waals surface area contributed by atoms with Crippen molar-refractivity contribution in [2.75, 3.05) is 77.9 Å². The van der Waals surface area contributed by atoms with Crippen LogP contribution in [0.25, 0.3) is 22.4 Å². The molecule has 2 atom stereocenters. The number of carboxylic acid groups (broad SMARTS) is 1. The summed E-state index contributed by atoms with van der Waals surface area (Å²) in [6, 6.07) is 9.14. The lowest BCUT2D eigenvalue weighted by atomic mass is 9.98. The minimum Gasteiger partial charge on any atom is -0.477 e. The Bertz CT molecular complexity index is 2170. The van der Waals surface area contributed by atoms with Crippen LogP contribution in [-0.2, 0) is 27.9 Å². The summed E-state index contributed by atoms with van der Waals surface area (Å²) in [6.45, 7) is 14.1. The van der Waals surface area contributed by atoms with Crippen molar-refractivity contribution < 1.29 is 33.9 Å². The number of ether oxygens (including phenoxy) is 1. The van der Waals surface area contributed by atoms with Gasteiger partial charge in [0.05, 0.1) is 44.3 Å². The maximum atomic E-state index is 13.7. The van der Waals surface area contributed by atoms with Crippen LogP contribution in [0.15, 0.2) is 42.7 Å². The molecule has 2 aromatic heterocycles. The molecule has 4 aromatic rings. The van der Waals surface area contributed by atoms with Crippen LogP contribution < -0.4 is 15.5 Å². The molecule has 0 bridgehead atoms. The fourth-order valence-corrected chi connectivity index (χ4v) is 8.40. The van der Waals surface area contributed by atoms with Gasteiger partial charge >= 0.3 is 5.97 Å². The van der Waals surface area contributed by atoms with E-state index in [1.54, 1.807) is 48.0 Å². The standard InChI is InChI=1S/C43H56ClN9O6/c1-7-31(10-11-50(26-39(54)55)25-30-21-45-22-30)42(57)51-12-14-52(15-13-51)43(58)33-9-8-32(18-27(33)2)48-41(56)40-46-24-38(49(40)5)34-20-37(44)35(19-28(34)3)36-23-47-53(29(36)4)16-17-59-6/h8-9,18-20,23-24,30-31,45H,7,10-17,21-22,25-26H2,1-6H3,(H,48,56)(H,54,55)/p+1. The Morgan fingerprint density at radius 2 is 1.73 bits per heavy atom. The number of methoxy groups -OCH3 is 1. The topological polar surface area (TPSA) is 168 Å². The van der Waals surface area contributed by atoms with Gasteiger partial charge in [0.25, 0.3) is 11.8 Å². The van der Waals surface area contributed by atoms with Gasteiger partial charge in [0.1, 0.15) is 0 Å². The lowest BCUT2D eigenvalue weighted by molar-refractivity contribution is -0.897. The average molecular weight is 831 g/mol. The molecule has 0 spiro atoms. The molecule has 2 aromatic carbocycles. The Hall–Kier alpha value is -5.09. The molecule has 0 aliphatic carbocycles. The number of imidazole rings is 1. The van der Waals surface area contributed by atoms with E-state index in [2.05, 4.69) is 20.7 Å². The molecule has 3 amide bonds. The molecule has 4 N–H and O–H groups in total. The van der Waals surface area contributed by atoms with Crippen molar-refractivity contribution in [3.63, 3.8) is 0 Å². The monoisotopic (exact) mass is 830 g/mol. The van der Waals surface area contributed by atoms with E-state index >= 15 is 0 Å². The SMILES string of the molecule is CCC(CC[NH+](CC(=O)O)CC1CNC1)C(=O)N1CCN(C(=O)c2ccc(NC(=O)c3ncc(-c4cc(Cl)c(-c5cnn(CCOC)c5C)cc4C)n3C)cc2C)CC1. The molecule has 6 rings (SSSR count). The Morgan fingerprint density at radius 3 is 2.37 bits per heavy atom. The first-order valence-electron chi connectivity index (χ1n) is 20.4. The molecule has 2 unspecified atom stereocenters. The molecule has 2 aliphatic heterocycles. The Balaban J connectivity index is 1.04. The summed E-state index contributed by atoms with van der Waals surface area (Å²) >= 11 is 6.85. The number of anilines is 1. The second kappa shape index (κ2) is 19.3. The summed E-state index contributed by atoms with van der Waals surface area (Å²) in [5.41, 5.74) is 7.14. The predicted octanol–water partition coefficient (Wildman–Crippen LogP) is 3.32. The van der Waals surface area contributed by atoms with Crippen LogP contribution >= 0.6 is 11.6 Å². The second-order valence-electron chi connectivity index (χ2n) is 15.8. The first-order valence-corrected chi connectivity index (χ1v) is 20.8. The van der Waals surface area contributed by atoms with Crippen LogP contribution in [0.4, 0.5) is 5.69 Å². The molecule has 2 saturated heterocycles. The molecular weight excluding hydrogens is 774 g/mol. The molecule has 16 heteroatoms. The number of hydrogen-bond acceptors (Lipinski definition) is 8. The highest BCUT2D eigenvalue weighted by Gasteiger charge is 2.31. The highest BCUT2D eigenvalue weighted by molar-refractivity contribution is 6.33. The van der Waals surface area contributed by atoms with E-state index in [9.17, 15) is 24.3 Å². The smallest absolute Gasteiger partial charge is 0.359 e. The molecule has 0 saturated carbocycles. The van der Waals surface area contributed by atoms with Gasteiger partial charge in [0, 0.05) is 110 Å².